The van der Waals surface area contributed by atoms with Gasteiger partial charge in [0.2, 0.25) is 5.88 Å². The van der Waals surface area contributed by atoms with Gasteiger partial charge in [0.25, 0.3) is 5.91 Å². The lowest BCUT2D eigenvalue weighted by atomic mass is 9.85. The first-order valence-corrected chi connectivity index (χ1v) is 13.9. The number of hydrogen-bond acceptors (Lipinski definition) is 6. The Morgan fingerprint density at radius 1 is 1.12 bits per heavy atom. The van der Waals surface area contributed by atoms with Crippen LogP contribution in [-0.2, 0) is 12.7 Å². The van der Waals surface area contributed by atoms with Gasteiger partial charge in [0.1, 0.15) is 6.61 Å². The zero-order valence-corrected chi connectivity index (χ0v) is 23.4. The molecule has 1 aromatic carbocycles. The fourth-order valence-corrected chi connectivity index (χ4v) is 5.44. The minimum Gasteiger partial charge on any atom is -0.475 e. The number of fused-ring (bicyclic) bond motifs is 1. The number of rotatable bonds is 8. The maximum absolute atomic E-state index is 13.6. The van der Waals surface area contributed by atoms with E-state index in [1.807, 2.05) is 24.3 Å². The number of nitrogens with zero attached hydrogens (tertiary/aromatic N) is 4. The molecule has 1 fully saturated rings. The highest BCUT2D eigenvalue weighted by Gasteiger charge is 2.38. The van der Waals surface area contributed by atoms with Gasteiger partial charge < -0.3 is 15.2 Å². The van der Waals surface area contributed by atoms with Crippen molar-refractivity contribution in [3.8, 4) is 11.6 Å². The molecule has 0 bridgehead atoms. The van der Waals surface area contributed by atoms with Crippen LogP contribution in [0.3, 0.4) is 0 Å². The van der Waals surface area contributed by atoms with Crippen LogP contribution in [0.15, 0.2) is 59.7 Å². The summed E-state index contributed by atoms with van der Waals surface area (Å²) in [4.78, 5) is 34.0. The zero-order chi connectivity index (χ0) is 30.0. The van der Waals surface area contributed by atoms with Crippen LogP contribution < -0.4 is 15.7 Å². The van der Waals surface area contributed by atoms with E-state index in [0.717, 1.165) is 23.3 Å². The van der Waals surface area contributed by atoms with Gasteiger partial charge in [-0.2, -0.15) is 13.2 Å². The van der Waals surface area contributed by atoms with Crippen LogP contribution in [0.4, 0.5) is 13.2 Å². The normalized spacial score (nSPS) is 18.1. The number of alkyl halides is 3. The fraction of sp³-hybridized carbons (Fsp3) is 0.379. The molecule has 1 aliphatic rings. The van der Waals surface area contributed by atoms with E-state index in [9.17, 15) is 27.9 Å². The highest BCUT2D eigenvalue weighted by molar-refractivity contribution is 6.30. The van der Waals surface area contributed by atoms with E-state index in [1.54, 1.807) is 34.4 Å². The van der Waals surface area contributed by atoms with Gasteiger partial charge in [0, 0.05) is 24.8 Å². The predicted molar refractivity (Wildman–Crippen MR) is 150 cm³/mol. The van der Waals surface area contributed by atoms with E-state index in [1.165, 1.54) is 0 Å². The summed E-state index contributed by atoms with van der Waals surface area (Å²) >= 11 is 5.82. The first-order chi connectivity index (χ1) is 20.0. The molecule has 13 heteroatoms. The first kappa shape index (κ1) is 29.6. The first-order valence-electron chi connectivity index (χ1n) is 13.5. The van der Waals surface area contributed by atoms with Crippen LogP contribution in [0.25, 0.3) is 16.7 Å². The van der Waals surface area contributed by atoms with Gasteiger partial charge in [-0.3, -0.25) is 13.9 Å². The second kappa shape index (κ2) is 12.1. The summed E-state index contributed by atoms with van der Waals surface area (Å²) < 4.78 is 48.9. The maximum atomic E-state index is 13.6. The summed E-state index contributed by atoms with van der Waals surface area (Å²) in [5.74, 6) is -0.402. The highest BCUT2D eigenvalue weighted by Crippen LogP contribution is 2.32. The predicted octanol–water partition coefficient (Wildman–Crippen LogP) is 5.00. The minimum absolute atomic E-state index is 0.0575. The summed E-state index contributed by atoms with van der Waals surface area (Å²) in [6.07, 6.45) is -0.560. The summed E-state index contributed by atoms with van der Waals surface area (Å²) in [5, 5.41) is 12.1. The number of aliphatic hydroxyl groups is 1. The van der Waals surface area contributed by atoms with Crippen LogP contribution in [0.2, 0.25) is 5.02 Å². The Kier molecular flexibility index (Phi) is 8.55. The standard InChI is InChI=1S/C29H29ClF3N5O4/c1-17(39)16-42-25-11-10-21(14-34-25)38-24-5-3-2-4-23(24)37(28(38)41)15-18-6-8-20(9-7-18)36-27(40)22-12-19(30)13-35-26(22)29(31,32)33/h2-5,10-14,17-18,20,39H,6-9,15-16H2,1H3,(H,36,40)/t17-,18?,20?/m1/s1. The zero-order valence-electron chi connectivity index (χ0n) is 22.6. The van der Waals surface area contributed by atoms with Crippen molar-refractivity contribution >= 4 is 28.5 Å². The van der Waals surface area contributed by atoms with E-state index in [0.29, 0.717) is 43.8 Å². The molecule has 0 radical (unpaired) electrons. The van der Waals surface area contributed by atoms with Crippen molar-refractivity contribution in [1.82, 2.24) is 24.4 Å². The quantitative estimate of drug-likeness (QED) is 0.293. The fourth-order valence-electron chi connectivity index (χ4n) is 5.28. The lowest BCUT2D eigenvalue weighted by Crippen LogP contribution is -2.39. The number of aliphatic hydroxyl groups excluding tert-OH is 1. The van der Waals surface area contributed by atoms with Gasteiger partial charge >= 0.3 is 11.9 Å². The number of aromatic nitrogens is 4. The smallest absolute Gasteiger partial charge is 0.434 e. The number of nitrogens with one attached hydrogen (secondary N) is 1. The molecule has 222 valence electrons. The third kappa shape index (κ3) is 6.44. The van der Waals surface area contributed by atoms with Crippen molar-refractivity contribution < 1.29 is 27.8 Å². The van der Waals surface area contributed by atoms with Crippen LogP contribution in [0.1, 0.15) is 48.7 Å². The Bertz CT molecular complexity index is 1630. The molecule has 1 aliphatic carbocycles. The molecule has 0 aliphatic heterocycles. The van der Waals surface area contributed by atoms with Crippen molar-refractivity contribution in [2.24, 2.45) is 5.92 Å². The summed E-state index contributed by atoms with van der Waals surface area (Å²) in [6.45, 7) is 2.16. The van der Waals surface area contributed by atoms with Crippen LogP contribution in [0.5, 0.6) is 5.88 Å². The van der Waals surface area contributed by atoms with E-state index in [-0.39, 0.29) is 29.3 Å². The van der Waals surface area contributed by atoms with Gasteiger partial charge in [-0.1, -0.05) is 23.7 Å². The van der Waals surface area contributed by atoms with Crippen LogP contribution in [-0.4, -0.2) is 48.9 Å². The molecular weight excluding hydrogens is 575 g/mol. The molecule has 1 amide bonds. The highest BCUT2D eigenvalue weighted by atomic mass is 35.5. The molecule has 5 rings (SSSR count). The number of halogens is 4. The third-order valence-electron chi connectivity index (χ3n) is 7.28. The molecule has 3 heterocycles. The molecular formula is C29H29ClF3N5O4. The lowest BCUT2D eigenvalue weighted by Gasteiger charge is -2.29. The average molecular weight is 604 g/mol. The molecule has 42 heavy (non-hydrogen) atoms. The van der Waals surface area contributed by atoms with Crippen molar-refractivity contribution in [2.75, 3.05) is 6.61 Å². The molecule has 3 aromatic heterocycles. The molecule has 0 unspecified atom stereocenters. The third-order valence-corrected chi connectivity index (χ3v) is 7.48. The number of ether oxygens (including phenoxy) is 1. The topological polar surface area (TPSA) is 111 Å². The number of carbonyl (C=O) groups is 1. The Morgan fingerprint density at radius 3 is 2.48 bits per heavy atom. The molecule has 2 N–H and O–H groups in total. The number of benzene rings is 1. The van der Waals surface area contributed by atoms with E-state index < -0.39 is 29.4 Å². The molecule has 1 saturated carbocycles. The second-order valence-electron chi connectivity index (χ2n) is 10.5. The van der Waals surface area contributed by atoms with E-state index >= 15 is 0 Å². The lowest BCUT2D eigenvalue weighted by molar-refractivity contribution is -0.141. The van der Waals surface area contributed by atoms with E-state index in [2.05, 4.69) is 15.3 Å². The minimum atomic E-state index is -4.79. The maximum Gasteiger partial charge on any atom is 0.434 e. The Balaban J connectivity index is 1.28. The summed E-state index contributed by atoms with van der Waals surface area (Å²) in [5.41, 5.74) is -0.0443. The molecule has 1 atom stereocenters. The summed E-state index contributed by atoms with van der Waals surface area (Å²) in [6, 6.07) is 11.5. The average Bonchev–Trinajstić information content (AvgIpc) is 3.23. The summed E-state index contributed by atoms with van der Waals surface area (Å²) in [7, 11) is 0. The number of amides is 1. The van der Waals surface area contributed by atoms with Gasteiger partial charge in [-0.15, -0.1) is 0 Å². The number of pyridine rings is 2. The molecule has 0 saturated heterocycles. The number of carbonyl (C=O) groups excluding carboxylic acids is 1. The molecule has 9 nitrogen and oxygen atoms in total. The van der Waals surface area contributed by atoms with E-state index in [4.69, 9.17) is 16.3 Å². The van der Waals surface area contributed by atoms with Crippen LogP contribution in [0, 0.1) is 5.92 Å². The van der Waals surface area contributed by atoms with Gasteiger partial charge in [-0.05, 0) is 62.8 Å². The SMILES string of the molecule is C[C@@H](O)COc1ccc(-n2c(=O)n(CC3CCC(NC(=O)c4cc(Cl)cnc4C(F)(F)F)CC3)c3ccccc32)cn1. The second-order valence-corrected chi connectivity index (χ2v) is 10.9. The van der Waals surface area contributed by atoms with Gasteiger partial charge in [0.05, 0.1) is 39.6 Å². The van der Waals surface area contributed by atoms with Gasteiger partial charge in [-0.25, -0.2) is 14.8 Å². The number of hydrogen-bond donors (Lipinski definition) is 2. The number of imidazole rings is 1. The van der Waals surface area contributed by atoms with Crippen molar-refractivity contribution in [2.45, 2.75) is 57.5 Å². The van der Waals surface area contributed by atoms with Gasteiger partial charge in [0.15, 0.2) is 5.69 Å². The van der Waals surface area contributed by atoms with Crippen LogP contribution >= 0.6 is 11.6 Å². The Hall–Kier alpha value is -3.90. The number of para-hydroxylation sites is 2. The monoisotopic (exact) mass is 603 g/mol. The molecule has 0 spiro atoms. The van der Waals surface area contributed by atoms with Crippen molar-refractivity contribution in [1.29, 1.82) is 0 Å². The Labute approximate surface area is 243 Å². The molecule has 4 aromatic rings. The Morgan fingerprint density at radius 2 is 1.83 bits per heavy atom. The van der Waals surface area contributed by atoms with Crippen molar-refractivity contribution in [3.63, 3.8) is 0 Å². The largest absolute Gasteiger partial charge is 0.475 e. The van der Waals surface area contributed by atoms with Crippen molar-refractivity contribution in [3.05, 3.63) is 81.6 Å².